The van der Waals surface area contributed by atoms with Gasteiger partial charge in [0.05, 0.1) is 12.1 Å². The van der Waals surface area contributed by atoms with Crippen molar-refractivity contribution < 1.29 is 15.0 Å². The van der Waals surface area contributed by atoms with E-state index in [1.165, 1.54) is 19.3 Å². The second kappa shape index (κ2) is 10.1. The van der Waals surface area contributed by atoms with E-state index in [9.17, 15) is 9.90 Å². The molecule has 5 nitrogen and oxygen atoms in total. The Kier molecular flexibility index (Phi) is 8.82. The Bertz CT molecular complexity index is 274. The second-order valence-corrected chi connectivity index (χ2v) is 5.67. The molecule has 1 amide bonds. The summed E-state index contributed by atoms with van der Waals surface area (Å²) in [6, 6.07) is -0.251. The van der Waals surface area contributed by atoms with Crippen molar-refractivity contribution in [2.75, 3.05) is 26.2 Å². The van der Waals surface area contributed by atoms with Gasteiger partial charge in [0.2, 0.25) is 5.91 Å². The first-order valence-corrected chi connectivity index (χ1v) is 8.00. The lowest BCUT2D eigenvalue weighted by Gasteiger charge is -2.25. The van der Waals surface area contributed by atoms with Gasteiger partial charge in [-0.15, -0.1) is 0 Å². The number of aliphatic hydroxyl groups is 2. The van der Waals surface area contributed by atoms with Crippen LogP contribution in [0.1, 0.15) is 51.9 Å². The topological polar surface area (TPSA) is 72.8 Å². The number of unbranched alkanes of at least 4 members (excludes halogenated alkanes) is 4. The van der Waals surface area contributed by atoms with E-state index in [0.29, 0.717) is 25.9 Å². The van der Waals surface area contributed by atoms with Crippen molar-refractivity contribution in [3.05, 3.63) is 0 Å². The summed E-state index contributed by atoms with van der Waals surface area (Å²) in [5.74, 6) is 0.0745. The molecule has 0 aromatic heterocycles. The van der Waals surface area contributed by atoms with Gasteiger partial charge in [-0.25, -0.2) is 0 Å². The molecule has 0 saturated carbocycles. The molecule has 0 spiro atoms. The van der Waals surface area contributed by atoms with Crippen molar-refractivity contribution >= 4 is 5.91 Å². The van der Waals surface area contributed by atoms with Gasteiger partial charge >= 0.3 is 0 Å². The van der Waals surface area contributed by atoms with E-state index < -0.39 is 6.10 Å². The van der Waals surface area contributed by atoms with E-state index in [0.717, 1.165) is 19.4 Å². The monoisotopic (exact) mass is 286 g/mol. The first-order valence-electron chi connectivity index (χ1n) is 8.00. The smallest absolute Gasteiger partial charge is 0.239 e. The first kappa shape index (κ1) is 17.4. The van der Waals surface area contributed by atoms with Gasteiger partial charge in [-0.1, -0.05) is 32.6 Å². The molecule has 1 aliphatic rings. The highest BCUT2D eigenvalue weighted by atomic mass is 16.3. The maximum absolute atomic E-state index is 12.4. The number of rotatable bonds is 10. The van der Waals surface area contributed by atoms with Crippen LogP contribution >= 0.6 is 0 Å². The van der Waals surface area contributed by atoms with Gasteiger partial charge in [-0.3, -0.25) is 4.79 Å². The van der Waals surface area contributed by atoms with Crippen LogP contribution in [0, 0.1) is 0 Å². The third-order valence-corrected chi connectivity index (χ3v) is 3.84. The van der Waals surface area contributed by atoms with E-state index in [1.54, 1.807) is 0 Å². The van der Waals surface area contributed by atoms with Crippen LogP contribution in [0.25, 0.3) is 0 Å². The minimum atomic E-state index is -0.409. The Labute approximate surface area is 122 Å². The van der Waals surface area contributed by atoms with Crippen LogP contribution in [0.3, 0.4) is 0 Å². The van der Waals surface area contributed by atoms with E-state index >= 15 is 0 Å². The number of hydrogen-bond donors (Lipinski definition) is 3. The average molecular weight is 286 g/mol. The second-order valence-electron chi connectivity index (χ2n) is 5.67. The largest absolute Gasteiger partial charge is 0.396 e. The number of β-amino-alcohol motifs (C(OH)–C–C–N with tert-alkyl or cyclic N) is 1. The van der Waals surface area contributed by atoms with Crippen LogP contribution < -0.4 is 5.32 Å². The number of hydrogen-bond acceptors (Lipinski definition) is 4. The number of carbonyl (C=O) groups is 1. The van der Waals surface area contributed by atoms with Crippen molar-refractivity contribution in [1.29, 1.82) is 0 Å². The zero-order valence-electron chi connectivity index (χ0n) is 12.7. The summed E-state index contributed by atoms with van der Waals surface area (Å²) in [7, 11) is 0. The lowest BCUT2D eigenvalue weighted by Crippen LogP contribution is -2.44. The molecule has 5 heteroatoms. The molecule has 0 bridgehead atoms. The van der Waals surface area contributed by atoms with Crippen molar-refractivity contribution in [1.82, 2.24) is 10.2 Å². The highest BCUT2D eigenvalue weighted by Gasteiger charge is 2.30. The molecule has 0 aromatic carbocycles. The summed E-state index contributed by atoms with van der Waals surface area (Å²) in [6.45, 7) is 4.17. The van der Waals surface area contributed by atoms with E-state index in [4.69, 9.17) is 5.11 Å². The molecule has 1 aliphatic heterocycles. The predicted octanol–water partition coefficient (Wildman–Crippen LogP) is 0.891. The van der Waals surface area contributed by atoms with Crippen LogP contribution in [-0.2, 0) is 4.79 Å². The van der Waals surface area contributed by atoms with Crippen molar-refractivity contribution in [3.63, 3.8) is 0 Å². The highest BCUT2D eigenvalue weighted by Crippen LogP contribution is 2.12. The maximum atomic E-state index is 12.4. The minimum absolute atomic E-state index is 0.0745. The minimum Gasteiger partial charge on any atom is -0.396 e. The summed E-state index contributed by atoms with van der Waals surface area (Å²) in [5.41, 5.74) is 0. The molecule has 1 fully saturated rings. The van der Waals surface area contributed by atoms with Gasteiger partial charge in [-0.2, -0.15) is 0 Å². The first-order chi connectivity index (χ1) is 9.69. The summed E-state index contributed by atoms with van der Waals surface area (Å²) in [5, 5.41) is 21.5. The van der Waals surface area contributed by atoms with Gasteiger partial charge in [0.15, 0.2) is 0 Å². The summed E-state index contributed by atoms with van der Waals surface area (Å²) >= 11 is 0. The van der Waals surface area contributed by atoms with Gasteiger partial charge in [0.1, 0.15) is 0 Å². The lowest BCUT2D eigenvalue weighted by molar-refractivity contribution is -0.133. The molecule has 2 unspecified atom stereocenters. The van der Waals surface area contributed by atoms with Crippen LogP contribution in [0.4, 0.5) is 0 Å². The zero-order valence-corrected chi connectivity index (χ0v) is 12.7. The van der Waals surface area contributed by atoms with Crippen molar-refractivity contribution in [2.45, 2.75) is 64.0 Å². The fourth-order valence-electron chi connectivity index (χ4n) is 2.63. The molecule has 1 rings (SSSR count). The Hall–Kier alpha value is -0.650. The Morgan fingerprint density at radius 3 is 2.50 bits per heavy atom. The molecule has 0 aromatic rings. The molecular formula is C15H30N2O3. The van der Waals surface area contributed by atoms with E-state index in [2.05, 4.69) is 12.2 Å². The molecule has 3 N–H and O–H groups in total. The third kappa shape index (κ3) is 6.20. The number of amides is 1. The maximum Gasteiger partial charge on any atom is 0.239 e. The molecule has 1 heterocycles. The Morgan fingerprint density at radius 1 is 1.20 bits per heavy atom. The number of carbonyl (C=O) groups excluding carboxylic acids is 1. The summed E-state index contributed by atoms with van der Waals surface area (Å²) in [4.78, 5) is 14.2. The van der Waals surface area contributed by atoms with E-state index in [1.807, 2.05) is 4.90 Å². The Morgan fingerprint density at radius 2 is 1.90 bits per heavy atom. The van der Waals surface area contributed by atoms with Crippen LogP contribution in [-0.4, -0.2) is 59.4 Å². The lowest BCUT2D eigenvalue weighted by atomic mass is 10.1. The molecule has 118 valence electrons. The highest BCUT2D eigenvalue weighted by molar-refractivity contribution is 5.82. The third-order valence-electron chi connectivity index (χ3n) is 3.84. The van der Waals surface area contributed by atoms with E-state index in [-0.39, 0.29) is 18.6 Å². The molecule has 1 saturated heterocycles. The van der Waals surface area contributed by atoms with Crippen LogP contribution in [0.2, 0.25) is 0 Å². The molecule has 0 radical (unpaired) electrons. The van der Waals surface area contributed by atoms with Crippen molar-refractivity contribution in [2.24, 2.45) is 0 Å². The fraction of sp³-hybridized carbons (Fsp3) is 0.933. The van der Waals surface area contributed by atoms with Crippen LogP contribution in [0.5, 0.6) is 0 Å². The van der Waals surface area contributed by atoms with Gasteiger partial charge in [-0.05, 0) is 19.3 Å². The van der Waals surface area contributed by atoms with Gasteiger partial charge in [0, 0.05) is 26.2 Å². The van der Waals surface area contributed by atoms with Gasteiger partial charge < -0.3 is 20.4 Å². The molecular weight excluding hydrogens is 256 g/mol. The standard InChI is InChI=1S/C15H30N2O3/c1-2-3-4-5-6-8-17(9-7-10-18)15(20)14-11-13(19)12-16-14/h13-14,16,18-19H,2-12H2,1H3. The molecule has 2 atom stereocenters. The van der Waals surface area contributed by atoms with Crippen molar-refractivity contribution in [3.8, 4) is 0 Å². The number of nitrogens with zero attached hydrogens (tertiary/aromatic N) is 1. The quantitative estimate of drug-likeness (QED) is 0.522. The normalized spacial score (nSPS) is 22.1. The summed E-state index contributed by atoms with van der Waals surface area (Å²) < 4.78 is 0. The molecule has 0 aliphatic carbocycles. The fourth-order valence-corrected chi connectivity index (χ4v) is 2.63. The Balaban J connectivity index is 2.35. The van der Waals surface area contributed by atoms with Gasteiger partial charge in [0.25, 0.3) is 0 Å². The molecule has 20 heavy (non-hydrogen) atoms. The zero-order chi connectivity index (χ0) is 14.8. The average Bonchev–Trinajstić information content (AvgIpc) is 2.88. The number of aliphatic hydroxyl groups excluding tert-OH is 2. The summed E-state index contributed by atoms with van der Waals surface area (Å²) in [6.07, 6.45) is 6.58. The number of nitrogens with one attached hydrogen (secondary N) is 1. The van der Waals surface area contributed by atoms with Crippen LogP contribution in [0.15, 0.2) is 0 Å². The SMILES string of the molecule is CCCCCCCN(CCCO)C(=O)C1CC(O)CN1. The predicted molar refractivity (Wildman–Crippen MR) is 79.5 cm³/mol.